The van der Waals surface area contributed by atoms with E-state index < -0.39 is 5.91 Å². The van der Waals surface area contributed by atoms with E-state index in [1.54, 1.807) is 19.2 Å². The summed E-state index contributed by atoms with van der Waals surface area (Å²) in [5.41, 5.74) is 6.42. The van der Waals surface area contributed by atoms with Crippen molar-refractivity contribution in [2.75, 3.05) is 13.6 Å². The van der Waals surface area contributed by atoms with Gasteiger partial charge in [0.15, 0.2) is 11.7 Å². The molecule has 4 N–H and O–H groups in total. The van der Waals surface area contributed by atoms with E-state index in [1.807, 2.05) is 0 Å². The number of nitrogens with two attached hydrogens (primary N) is 1. The lowest BCUT2D eigenvalue weighted by Gasteiger charge is -2.11. The fourth-order valence-electron chi connectivity index (χ4n) is 2.79. The van der Waals surface area contributed by atoms with Crippen LogP contribution >= 0.6 is 24.0 Å². The SMILES string of the molecule is CN=C(NCCCn1ccc2ccccc21)NCc1ccc(C(N)=O)o1.I. The minimum atomic E-state index is -0.573. The van der Waals surface area contributed by atoms with E-state index in [0.717, 1.165) is 19.5 Å². The molecule has 2 aromatic heterocycles. The average molecular weight is 481 g/mol. The number of hydrogen-bond donors (Lipinski definition) is 3. The monoisotopic (exact) mass is 481 g/mol. The van der Waals surface area contributed by atoms with Crippen molar-refractivity contribution in [3.8, 4) is 0 Å². The standard InChI is InChI=1S/C19H23N5O2.HI/c1-21-19(23-13-15-7-8-17(26-15)18(20)25)22-10-4-11-24-12-9-14-5-2-3-6-16(14)24;/h2-3,5-9,12H,4,10-11,13H2,1H3,(H2,20,25)(H2,21,22,23);1H. The molecule has 0 aliphatic carbocycles. The zero-order valence-electron chi connectivity index (χ0n) is 15.1. The molecule has 27 heavy (non-hydrogen) atoms. The maximum atomic E-state index is 11.0. The first-order valence-corrected chi connectivity index (χ1v) is 8.54. The van der Waals surface area contributed by atoms with Crippen LogP contribution in [0.1, 0.15) is 22.7 Å². The highest BCUT2D eigenvalue weighted by molar-refractivity contribution is 14.0. The first-order valence-electron chi connectivity index (χ1n) is 8.54. The number of aryl methyl sites for hydroxylation is 1. The topological polar surface area (TPSA) is 97.6 Å². The Morgan fingerprint density at radius 2 is 2.00 bits per heavy atom. The van der Waals surface area contributed by atoms with Crippen molar-refractivity contribution < 1.29 is 9.21 Å². The molecule has 3 aromatic rings. The third kappa shape index (κ3) is 5.49. The van der Waals surface area contributed by atoms with E-state index in [2.05, 4.69) is 56.7 Å². The lowest BCUT2D eigenvalue weighted by molar-refractivity contribution is 0.0972. The van der Waals surface area contributed by atoms with E-state index in [9.17, 15) is 4.79 Å². The predicted molar refractivity (Wildman–Crippen MR) is 117 cm³/mol. The van der Waals surface area contributed by atoms with Crippen molar-refractivity contribution in [1.29, 1.82) is 0 Å². The summed E-state index contributed by atoms with van der Waals surface area (Å²) < 4.78 is 7.58. The van der Waals surface area contributed by atoms with Gasteiger partial charge in [-0.1, -0.05) is 18.2 Å². The van der Waals surface area contributed by atoms with Gasteiger partial charge in [0, 0.05) is 31.9 Å². The average Bonchev–Trinajstić information content (AvgIpc) is 3.28. The zero-order chi connectivity index (χ0) is 18.4. The molecule has 0 radical (unpaired) electrons. The molecule has 0 aliphatic heterocycles. The van der Waals surface area contributed by atoms with Crippen LogP contribution in [0, 0.1) is 0 Å². The number of aliphatic imine (C=N–C) groups is 1. The number of fused-ring (bicyclic) bond motifs is 1. The molecule has 1 amide bonds. The Labute approximate surface area is 175 Å². The second-order valence-corrected chi connectivity index (χ2v) is 5.90. The van der Waals surface area contributed by atoms with Gasteiger partial charge in [0.25, 0.3) is 5.91 Å². The predicted octanol–water partition coefficient (Wildman–Crippen LogP) is 2.71. The van der Waals surface area contributed by atoms with Crippen LogP contribution < -0.4 is 16.4 Å². The van der Waals surface area contributed by atoms with Gasteiger partial charge in [-0.05, 0) is 36.1 Å². The van der Waals surface area contributed by atoms with Crippen LogP contribution in [0.4, 0.5) is 0 Å². The largest absolute Gasteiger partial charge is 0.454 e. The number of hydrogen-bond acceptors (Lipinski definition) is 3. The van der Waals surface area contributed by atoms with Crippen molar-refractivity contribution in [3.63, 3.8) is 0 Å². The van der Waals surface area contributed by atoms with Crippen LogP contribution in [0.2, 0.25) is 0 Å². The van der Waals surface area contributed by atoms with E-state index in [0.29, 0.717) is 18.3 Å². The maximum absolute atomic E-state index is 11.0. The molecule has 0 atom stereocenters. The number of benzene rings is 1. The first kappa shape index (κ1) is 20.8. The van der Waals surface area contributed by atoms with Crippen molar-refractivity contribution in [2.24, 2.45) is 10.7 Å². The summed E-state index contributed by atoms with van der Waals surface area (Å²) in [5.74, 6) is 0.889. The van der Waals surface area contributed by atoms with Gasteiger partial charge in [0.1, 0.15) is 5.76 Å². The van der Waals surface area contributed by atoms with Gasteiger partial charge < -0.3 is 25.4 Å². The number of rotatable bonds is 7. The number of nitrogens with one attached hydrogen (secondary N) is 2. The molecular formula is C19H24IN5O2. The minimum Gasteiger partial charge on any atom is -0.454 e. The van der Waals surface area contributed by atoms with Gasteiger partial charge in [0.05, 0.1) is 6.54 Å². The van der Waals surface area contributed by atoms with Gasteiger partial charge in [-0.15, -0.1) is 24.0 Å². The Bertz CT molecular complexity index is 916. The first-order chi connectivity index (χ1) is 12.7. The summed E-state index contributed by atoms with van der Waals surface area (Å²) in [4.78, 5) is 15.2. The third-order valence-corrected chi connectivity index (χ3v) is 4.11. The minimum absolute atomic E-state index is 0. The van der Waals surface area contributed by atoms with Gasteiger partial charge in [-0.25, -0.2) is 0 Å². The van der Waals surface area contributed by atoms with E-state index in [-0.39, 0.29) is 29.7 Å². The van der Waals surface area contributed by atoms with Crippen LogP contribution in [-0.4, -0.2) is 30.0 Å². The molecule has 0 unspecified atom stereocenters. The highest BCUT2D eigenvalue weighted by atomic mass is 127. The van der Waals surface area contributed by atoms with Crippen LogP contribution in [0.25, 0.3) is 10.9 Å². The molecule has 0 saturated carbocycles. The Hall–Kier alpha value is -2.49. The Kier molecular flexibility index (Phi) is 7.71. The summed E-state index contributed by atoms with van der Waals surface area (Å²) in [6, 6.07) is 13.8. The highest BCUT2D eigenvalue weighted by Crippen LogP contribution is 2.15. The molecule has 0 fully saturated rings. The number of para-hydroxylation sites is 1. The van der Waals surface area contributed by atoms with Crippen molar-refractivity contribution in [2.45, 2.75) is 19.5 Å². The lowest BCUT2D eigenvalue weighted by Crippen LogP contribution is -2.37. The van der Waals surface area contributed by atoms with Gasteiger partial charge in [-0.2, -0.15) is 0 Å². The number of amides is 1. The van der Waals surface area contributed by atoms with Gasteiger partial charge in [-0.3, -0.25) is 9.79 Å². The van der Waals surface area contributed by atoms with E-state index in [1.165, 1.54) is 10.9 Å². The number of nitrogens with zero attached hydrogens (tertiary/aromatic N) is 2. The number of aromatic nitrogens is 1. The molecule has 0 bridgehead atoms. The number of primary amides is 1. The zero-order valence-corrected chi connectivity index (χ0v) is 17.5. The summed E-state index contributed by atoms with van der Waals surface area (Å²) in [7, 11) is 1.71. The van der Waals surface area contributed by atoms with Crippen molar-refractivity contribution >= 4 is 46.7 Å². The molecule has 1 aromatic carbocycles. The highest BCUT2D eigenvalue weighted by Gasteiger charge is 2.07. The van der Waals surface area contributed by atoms with E-state index in [4.69, 9.17) is 10.2 Å². The Morgan fingerprint density at radius 3 is 2.74 bits per heavy atom. The van der Waals surface area contributed by atoms with Gasteiger partial charge in [0.2, 0.25) is 0 Å². The number of carbonyl (C=O) groups is 1. The molecule has 2 heterocycles. The number of carbonyl (C=O) groups excluding carboxylic acids is 1. The van der Waals surface area contributed by atoms with Crippen molar-refractivity contribution in [3.05, 3.63) is 60.2 Å². The normalized spacial score (nSPS) is 11.2. The summed E-state index contributed by atoms with van der Waals surface area (Å²) in [6.07, 6.45) is 3.08. The quantitative estimate of drug-likeness (QED) is 0.209. The fourth-order valence-corrected chi connectivity index (χ4v) is 2.79. The second kappa shape index (κ2) is 10.0. The maximum Gasteiger partial charge on any atom is 0.284 e. The Balaban J connectivity index is 0.00000261. The second-order valence-electron chi connectivity index (χ2n) is 5.90. The molecule has 144 valence electrons. The molecule has 8 heteroatoms. The number of halogens is 1. The number of furan rings is 1. The Morgan fingerprint density at radius 1 is 1.19 bits per heavy atom. The molecule has 0 spiro atoms. The van der Waals surface area contributed by atoms with Crippen LogP contribution in [0.3, 0.4) is 0 Å². The molecular weight excluding hydrogens is 457 g/mol. The number of guanidine groups is 1. The summed E-state index contributed by atoms with van der Waals surface area (Å²) in [6.45, 7) is 2.14. The summed E-state index contributed by atoms with van der Waals surface area (Å²) >= 11 is 0. The van der Waals surface area contributed by atoms with E-state index >= 15 is 0 Å². The fraction of sp³-hybridized carbons (Fsp3) is 0.263. The van der Waals surface area contributed by atoms with Crippen LogP contribution in [0.15, 0.2) is 58.1 Å². The third-order valence-electron chi connectivity index (χ3n) is 4.11. The molecule has 7 nitrogen and oxygen atoms in total. The van der Waals surface area contributed by atoms with Crippen LogP contribution in [0.5, 0.6) is 0 Å². The summed E-state index contributed by atoms with van der Waals surface area (Å²) in [5, 5.41) is 7.68. The molecule has 3 rings (SSSR count). The molecule has 0 saturated heterocycles. The van der Waals surface area contributed by atoms with Crippen LogP contribution in [-0.2, 0) is 13.1 Å². The smallest absolute Gasteiger partial charge is 0.284 e. The lowest BCUT2D eigenvalue weighted by atomic mass is 10.2. The van der Waals surface area contributed by atoms with Gasteiger partial charge >= 0.3 is 0 Å². The molecule has 0 aliphatic rings. The van der Waals surface area contributed by atoms with Crippen molar-refractivity contribution in [1.82, 2.24) is 15.2 Å².